The number of amides is 2. The van der Waals surface area contributed by atoms with E-state index in [0.717, 1.165) is 12.8 Å². The standard InChI is InChI=1S/C18H26N4O5/c1-20-11-13(16(24)19-18(20)26)17(25)21-8-6-14-12(10-21)4-5-15(23)22(14)7-3-9-27-2/h11-12,14H,3-10H2,1-2H3,(H,19,24,26)/t12-,14+/m0/s1. The maximum atomic E-state index is 12.8. The predicted octanol–water partition coefficient (Wildman–Crippen LogP) is -0.437. The highest BCUT2D eigenvalue weighted by Gasteiger charge is 2.40. The summed E-state index contributed by atoms with van der Waals surface area (Å²) in [5, 5.41) is 0. The first-order chi connectivity index (χ1) is 12.9. The van der Waals surface area contributed by atoms with E-state index in [1.54, 1.807) is 12.0 Å². The molecule has 2 aliphatic heterocycles. The number of rotatable bonds is 5. The molecule has 9 nitrogen and oxygen atoms in total. The zero-order valence-electron chi connectivity index (χ0n) is 15.8. The molecule has 2 aliphatic rings. The minimum absolute atomic E-state index is 0.0283. The molecule has 0 radical (unpaired) electrons. The summed E-state index contributed by atoms with van der Waals surface area (Å²) in [4.78, 5) is 54.4. The molecule has 27 heavy (non-hydrogen) atoms. The van der Waals surface area contributed by atoms with Gasteiger partial charge in [-0.2, -0.15) is 0 Å². The van der Waals surface area contributed by atoms with Crippen molar-refractivity contribution in [3.05, 3.63) is 32.6 Å². The Morgan fingerprint density at radius 3 is 2.81 bits per heavy atom. The average Bonchev–Trinajstić information content (AvgIpc) is 2.65. The number of nitrogens with zero attached hydrogens (tertiary/aromatic N) is 3. The number of ether oxygens (including phenoxy) is 1. The Morgan fingerprint density at radius 2 is 2.07 bits per heavy atom. The molecule has 2 fully saturated rings. The number of nitrogens with one attached hydrogen (secondary N) is 1. The summed E-state index contributed by atoms with van der Waals surface area (Å²) in [5.74, 6) is 0.00400. The van der Waals surface area contributed by atoms with E-state index >= 15 is 0 Å². The van der Waals surface area contributed by atoms with E-state index in [9.17, 15) is 19.2 Å². The van der Waals surface area contributed by atoms with Gasteiger partial charge < -0.3 is 19.1 Å². The van der Waals surface area contributed by atoms with Gasteiger partial charge in [-0.05, 0) is 25.2 Å². The number of carbonyl (C=O) groups is 2. The van der Waals surface area contributed by atoms with Crippen LogP contribution >= 0.6 is 0 Å². The van der Waals surface area contributed by atoms with Gasteiger partial charge >= 0.3 is 5.69 Å². The molecule has 3 heterocycles. The monoisotopic (exact) mass is 378 g/mol. The molecule has 0 saturated carbocycles. The number of H-pyrrole nitrogens is 1. The molecule has 2 amide bonds. The van der Waals surface area contributed by atoms with Gasteiger partial charge in [0.1, 0.15) is 5.56 Å². The minimum atomic E-state index is -0.662. The van der Waals surface area contributed by atoms with E-state index in [2.05, 4.69) is 4.98 Å². The third-order valence-electron chi connectivity index (χ3n) is 5.52. The topological polar surface area (TPSA) is 105 Å². The molecule has 2 atom stereocenters. The molecular weight excluding hydrogens is 352 g/mol. The lowest BCUT2D eigenvalue weighted by Crippen LogP contribution is -2.57. The van der Waals surface area contributed by atoms with Gasteiger partial charge in [0.05, 0.1) is 0 Å². The Bertz CT molecular complexity index is 830. The van der Waals surface area contributed by atoms with Crippen LogP contribution in [-0.2, 0) is 16.6 Å². The van der Waals surface area contributed by atoms with Gasteiger partial charge in [0.25, 0.3) is 11.5 Å². The number of hydrogen-bond donors (Lipinski definition) is 1. The largest absolute Gasteiger partial charge is 0.385 e. The number of carbonyl (C=O) groups excluding carboxylic acids is 2. The van der Waals surface area contributed by atoms with Gasteiger partial charge in [0, 0.05) is 59.1 Å². The molecule has 0 unspecified atom stereocenters. The SMILES string of the molecule is COCCCN1C(=O)CC[C@H]2CN(C(=O)c3cn(C)c(=O)[nH]c3=O)CC[C@H]21. The first-order valence-electron chi connectivity index (χ1n) is 9.30. The fourth-order valence-corrected chi connectivity index (χ4v) is 4.09. The second-order valence-electron chi connectivity index (χ2n) is 7.25. The molecule has 9 heteroatoms. The molecule has 0 aromatic carbocycles. The highest BCUT2D eigenvalue weighted by molar-refractivity contribution is 5.93. The van der Waals surface area contributed by atoms with Crippen molar-refractivity contribution in [2.24, 2.45) is 13.0 Å². The number of fused-ring (bicyclic) bond motifs is 1. The summed E-state index contributed by atoms with van der Waals surface area (Å²) in [6, 6.07) is 0.130. The van der Waals surface area contributed by atoms with Crippen molar-refractivity contribution >= 4 is 11.8 Å². The molecule has 1 aromatic heterocycles. The van der Waals surface area contributed by atoms with Crippen LogP contribution in [0.1, 0.15) is 36.0 Å². The first kappa shape index (κ1) is 19.3. The van der Waals surface area contributed by atoms with Crippen LogP contribution in [0.5, 0.6) is 0 Å². The van der Waals surface area contributed by atoms with Crippen LogP contribution in [0, 0.1) is 5.92 Å². The molecule has 1 N–H and O–H groups in total. The van der Waals surface area contributed by atoms with Gasteiger partial charge in [-0.3, -0.25) is 19.4 Å². The van der Waals surface area contributed by atoms with Gasteiger partial charge in [-0.1, -0.05) is 0 Å². The van der Waals surface area contributed by atoms with Crippen LogP contribution in [0.2, 0.25) is 0 Å². The van der Waals surface area contributed by atoms with Crippen molar-refractivity contribution in [3.8, 4) is 0 Å². The van der Waals surface area contributed by atoms with E-state index in [1.165, 1.54) is 17.8 Å². The van der Waals surface area contributed by atoms with Crippen LogP contribution in [0.3, 0.4) is 0 Å². The van der Waals surface area contributed by atoms with Crippen molar-refractivity contribution in [1.82, 2.24) is 19.4 Å². The molecule has 3 rings (SSSR count). The van der Waals surface area contributed by atoms with Crippen LogP contribution < -0.4 is 11.2 Å². The Morgan fingerprint density at radius 1 is 1.30 bits per heavy atom. The smallest absolute Gasteiger partial charge is 0.328 e. The Kier molecular flexibility index (Phi) is 5.79. The van der Waals surface area contributed by atoms with Crippen molar-refractivity contribution in [2.45, 2.75) is 31.7 Å². The summed E-state index contributed by atoms with van der Waals surface area (Å²) in [6.07, 6.45) is 4.01. The lowest BCUT2D eigenvalue weighted by Gasteiger charge is -2.47. The van der Waals surface area contributed by atoms with Crippen molar-refractivity contribution in [2.75, 3.05) is 33.4 Å². The van der Waals surface area contributed by atoms with Crippen molar-refractivity contribution < 1.29 is 14.3 Å². The Balaban J connectivity index is 1.72. The average molecular weight is 378 g/mol. The molecule has 0 bridgehead atoms. The molecular formula is C18H26N4O5. The number of aromatic nitrogens is 2. The van der Waals surface area contributed by atoms with E-state index in [4.69, 9.17) is 4.74 Å². The zero-order valence-corrected chi connectivity index (χ0v) is 15.8. The number of likely N-dealkylation sites (tertiary alicyclic amines) is 2. The number of aromatic amines is 1. The lowest BCUT2D eigenvalue weighted by molar-refractivity contribution is -0.140. The molecule has 1 aromatic rings. The van der Waals surface area contributed by atoms with Crippen LogP contribution in [0.4, 0.5) is 0 Å². The fraction of sp³-hybridized carbons (Fsp3) is 0.667. The first-order valence-corrected chi connectivity index (χ1v) is 9.30. The van der Waals surface area contributed by atoms with Crippen molar-refractivity contribution in [3.63, 3.8) is 0 Å². The van der Waals surface area contributed by atoms with E-state index in [0.29, 0.717) is 39.1 Å². The maximum Gasteiger partial charge on any atom is 0.328 e. The third-order valence-corrected chi connectivity index (χ3v) is 5.52. The number of aryl methyl sites for hydroxylation is 1. The minimum Gasteiger partial charge on any atom is -0.385 e. The molecule has 0 aliphatic carbocycles. The van der Waals surface area contributed by atoms with Gasteiger partial charge in [-0.25, -0.2) is 4.79 Å². The number of methoxy groups -OCH3 is 1. The van der Waals surface area contributed by atoms with Crippen molar-refractivity contribution in [1.29, 1.82) is 0 Å². The molecule has 0 spiro atoms. The second kappa shape index (κ2) is 8.08. The van der Waals surface area contributed by atoms with Gasteiger partial charge in [0.2, 0.25) is 5.91 Å². The zero-order chi connectivity index (χ0) is 19.6. The Hall–Kier alpha value is -2.42. The van der Waals surface area contributed by atoms with Crippen LogP contribution in [0.25, 0.3) is 0 Å². The number of piperidine rings is 2. The Labute approximate surface area is 156 Å². The van der Waals surface area contributed by atoms with E-state index in [1.807, 2.05) is 4.90 Å². The number of hydrogen-bond acceptors (Lipinski definition) is 5. The van der Waals surface area contributed by atoms with E-state index in [-0.39, 0.29) is 29.3 Å². The molecule has 2 saturated heterocycles. The van der Waals surface area contributed by atoms with Crippen LogP contribution in [-0.4, -0.2) is 70.6 Å². The summed E-state index contributed by atoms with van der Waals surface area (Å²) in [7, 11) is 3.14. The summed E-state index contributed by atoms with van der Waals surface area (Å²) >= 11 is 0. The second-order valence-corrected chi connectivity index (χ2v) is 7.25. The highest BCUT2D eigenvalue weighted by Crippen LogP contribution is 2.31. The molecule has 148 valence electrons. The highest BCUT2D eigenvalue weighted by atomic mass is 16.5. The van der Waals surface area contributed by atoms with Gasteiger partial charge in [-0.15, -0.1) is 0 Å². The van der Waals surface area contributed by atoms with Crippen LogP contribution in [0.15, 0.2) is 15.8 Å². The summed E-state index contributed by atoms with van der Waals surface area (Å²) in [6.45, 7) is 2.28. The normalized spacial score (nSPS) is 22.7. The lowest BCUT2D eigenvalue weighted by atomic mass is 9.83. The third kappa shape index (κ3) is 3.97. The van der Waals surface area contributed by atoms with E-state index < -0.39 is 11.2 Å². The summed E-state index contributed by atoms with van der Waals surface area (Å²) in [5.41, 5.74) is -1.24. The summed E-state index contributed by atoms with van der Waals surface area (Å²) < 4.78 is 6.28. The maximum absolute atomic E-state index is 12.8. The predicted molar refractivity (Wildman–Crippen MR) is 97.5 cm³/mol. The fourth-order valence-electron chi connectivity index (χ4n) is 4.09. The quantitative estimate of drug-likeness (QED) is 0.700. The van der Waals surface area contributed by atoms with Gasteiger partial charge in [0.15, 0.2) is 0 Å².